The van der Waals surface area contributed by atoms with Crippen LogP contribution < -0.4 is 5.73 Å². The highest BCUT2D eigenvalue weighted by Crippen LogP contribution is 2.47. The summed E-state index contributed by atoms with van der Waals surface area (Å²) >= 11 is 0. The minimum Gasteiger partial charge on any atom is -0.480 e. The van der Waals surface area contributed by atoms with Crippen LogP contribution in [0.4, 0.5) is 0 Å². The van der Waals surface area contributed by atoms with E-state index in [1.807, 2.05) is 30.3 Å². The fourth-order valence-corrected chi connectivity index (χ4v) is 4.01. The van der Waals surface area contributed by atoms with E-state index in [-0.39, 0.29) is 18.7 Å². The van der Waals surface area contributed by atoms with Crippen LogP contribution in [0.3, 0.4) is 0 Å². The third-order valence-electron chi connectivity index (χ3n) is 3.50. The quantitative estimate of drug-likeness (QED) is 0.676. The van der Waals surface area contributed by atoms with E-state index >= 15 is 0 Å². The van der Waals surface area contributed by atoms with Gasteiger partial charge in [-0.15, -0.1) is 0 Å². The van der Waals surface area contributed by atoms with Gasteiger partial charge in [0.05, 0.1) is 0 Å². The molecule has 4 N–H and O–H groups in total. The molecule has 0 amide bonds. The number of carboxylic acid groups (broad SMARTS) is 1. The largest absolute Gasteiger partial charge is 0.480 e. The summed E-state index contributed by atoms with van der Waals surface area (Å²) < 4.78 is 12.4. The van der Waals surface area contributed by atoms with Crippen LogP contribution in [0.15, 0.2) is 54.6 Å². The van der Waals surface area contributed by atoms with Crippen molar-refractivity contribution in [3.05, 3.63) is 71.3 Å². The second-order valence-corrected chi connectivity index (χ2v) is 7.94. The Morgan fingerprint density at radius 2 is 1.43 bits per heavy atom. The molecule has 5 nitrogen and oxygen atoms in total. The van der Waals surface area contributed by atoms with Gasteiger partial charge in [0.15, 0.2) is 0 Å². The van der Waals surface area contributed by atoms with E-state index in [4.69, 9.17) is 10.8 Å². The van der Waals surface area contributed by atoms with E-state index in [9.17, 15) is 14.3 Å². The van der Waals surface area contributed by atoms with Crippen molar-refractivity contribution in [1.82, 2.24) is 0 Å². The second-order valence-electron chi connectivity index (χ2n) is 5.61. The molecule has 0 bridgehead atoms. The molecule has 0 spiro atoms. The van der Waals surface area contributed by atoms with Gasteiger partial charge in [-0.05, 0) is 23.1 Å². The van der Waals surface area contributed by atoms with Crippen molar-refractivity contribution >= 4 is 13.3 Å². The molecule has 1 unspecified atom stereocenters. The summed E-state index contributed by atoms with van der Waals surface area (Å²) in [6.45, 7) is 0. The number of aliphatic carboxylic acids is 1. The lowest BCUT2D eigenvalue weighted by Crippen LogP contribution is -2.32. The van der Waals surface area contributed by atoms with E-state index in [2.05, 4.69) is 0 Å². The molecule has 0 heterocycles. The molecule has 2 aromatic carbocycles. The molecule has 0 aliphatic carbocycles. The van der Waals surface area contributed by atoms with E-state index < -0.39 is 19.4 Å². The van der Waals surface area contributed by atoms with E-state index in [0.29, 0.717) is 0 Å². The number of carbonyl (C=O) groups is 1. The topological polar surface area (TPSA) is 101 Å². The van der Waals surface area contributed by atoms with Gasteiger partial charge in [-0.1, -0.05) is 54.6 Å². The van der Waals surface area contributed by atoms with Crippen molar-refractivity contribution in [3.8, 4) is 0 Å². The zero-order chi connectivity index (χ0) is 16.9. The number of benzene rings is 2. The monoisotopic (exact) mass is 333 g/mol. The van der Waals surface area contributed by atoms with Crippen LogP contribution >= 0.6 is 7.37 Å². The van der Waals surface area contributed by atoms with Crippen LogP contribution in [0.1, 0.15) is 16.7 Å². The molecule has 0 aromatic heterocycles. The first-order chi connectivity index (χ1) is 10.9. The number of hydrogen-bond donors (Lipinski definition) is 3. The Hall–Kier alpha value is -1.94. The Labute approximate surface area is 135 Å². The predicted octanol–water partition coefficient (Wildman–Crippen LogP) is 2.61. The Kier molecular flexibility index (Phi) is 5.72. The lowest BCUT2D eigenvalue weighted by atomic mass is 10.1. The minimum absolute atomic E-state index is 0.0904. The van der Waals surface area contributed by atoms with Gasteiger partial charge in [-0.3, -0.25) is 9.36 Å². The van der Waals surface area contributed by atoms with Gasteiger partial charge in [0.2, 0.25) is 7.37 Å². The molecule has 0 fully saturated rings. The highest BCUT2D eigenvalue weighted by Gasteiger charge is 2.19. The number of hydrogen-bond acceptors (Lipinski definition) is 3. The first-order valence-electron chi connectivity index (χ1n) is 7.27. The Balaban J connectivity index is 1.99. The molecule has 0 saturated carbocycles. The van der Waals surface area contributed by atoms with Crippen molar-refractivity contribution in [2.75, 3.05) is 0 Å². The maximum Gasteiger partial charge on any atom is 0.320 e. The zero-order valence-corrected chi connectivity index (χ0v) is 13.5. The van der Waals surface area contributed by atoms with Crippen LogP contribution in [-0.4, -0.2) is 22.0 Å². The number of carboxylic acids is 1. The average Bonchev–Trinajstić information content (AvgIpc) is 2.49. The van der Waals surface area contributed by atoms with Gasteiger partial charge in [-0.2, -0.15) is 0 Å². The molecule has 0 radical (unpaired) electrons. The summed E-state index contributed by atoms with van der Waals surface area (Å²) in [4.78, 5) is 20.9. The molecule has 0 aliphatic rings. The first kappa shape index (κ1) is 17.4. The molecule has 0 saturated heterocycles. The summed E-state index contributed by atoms with van der Waals surface area (Å²) in [5, 5.41) is 8.80. The Morgan fingerprint density at radius 1 is 0.957 bits per heavy atom. The van der Waals surface area contributed by atoms with Crippen molar-refractivity contribution in [2.24, 2.45) is 5.73 Å². The van der Waals surface area contributed by atoms with Gasteiger partial charge in [-0.25, -0.2) is 0 Å². The fraction of sp³-hybridized carbons (Fsp3) is 0.235. The summed E-state index contributed by atoms with van der Waals surface area (Å²) in [6.07, 6.45) is 0.461. The standard InChI is InChI=1S/C17H20NO4P/c18-16(17(19)20)10-13-6-8-15(9-7-13)12-23(21,22)11-14-4-2-1-3-5-14/h1-9,16H,10-12,18H2,(H,19,20)(H,21,22)/t16-/m0/s1. The van der Waals surface area contributed by atoms with Crippen LogP contribution in [0.5, 0.6) is 0 Å². The molecule has 0 aliphatic heterocycles. The van der Waals surface area contributed by atoms with Gasteiger partial charge in [0.1, 0.15) is 6.04 Å². The van der Waals surface area contributed by atoms with Crippen LogP contribution in [0.2, 0.25) is 0 Å². The minimum atomic E-state index is -3.31. The Morgan fingerprint density at radius 3 is 1.96 bits per heavy atom. The maximum absolute atomic E-state index is 12.4. The third-order valence-corrected chi connectivity index (χ3v) is 5.22. The molecule has 2 atom stereocenters. The number of rotatable bonds is 7. The third kappa shape index (κ3) is 5.64. The van der Waals surface area contributed by atoms with E-state index in [1.165, 1.54) is 0 Å². The van der Waals surface area contributed by atoms with E-state index in [0.717, 1.165) is 16.7 Å². The van der Waals surface area contributed by atoms with Crippen LogP contribution in [0, 0.1) is 0 Å². The Bertz CT molecular complexity index is 700. The molecular weight excluding hydrogens is 313 g/mol. The van der Waals surface area contributed by atoms with Gasteiger partial charge in [0, 0.05) is 12.3 Å². The average molecular weight is 333 g/mol. The second kappa shape index (κ2) is 7.55. The van der Waals surface area contributed by atoms with Crippen LogP contribution in [0.25, 0.3) is 0 Å². The summed E-state index contributed by atoms with van der Waals surface area (Å²) in [6, 6.07) is 15.3. The van der Waals surface area contributed by atoms with Crippen LogP contribution in [-0.2, 0) is 28.1 Å². The van der Waals surface area contributed by atoms with Crippen molar-refractivity contribution in [3.63, 3.8) is 0 Å². The smallest absolute Gasteiger partial charge is 0.320 e. The maximum atomic E-state index is 12.4. The fourth-order valence-electron chi connectivity index (χ4n) is 2.33. The lowest BCUT2D eigenvalue weighted by Gasteiger charge is -2.12. The molecule has 6 heteroatoms. The molecule has 122 valence electrons. The highest BCUT2D eigenvalue weighted by molar-refractivity contribution is 7.56. The summed E-state index contributed by atoms with van der Waals surface area (Å²) in [7, 11) is -3.31. The summed E-state index contributed by atoms with van der Waals surface area (Å²) in [5.41, 5.74) is 7.87. The normalized spacial score (nSPS) is 14.9. The summed E-state index contributed by atoms with van der Waals surface area (Å²) in [5.74, 6) is -1.04. The van der Waals surface area contributed by atoms with Crippen molar-refractivity contribution < 1.29 is 19.4 Å². The lowest BCUT2D eigenvalue weighted by molar-refractivity contribution is -0.138. The highest BCUT2D eigenvalue weighted by atomic mass is 31.2. The molecule has 2 aromatic rings. The van der Waals surface area contributed by atoms with Crippen molar-refractivity contribution in [1.29, 1.82) is 0 Å². The van der Waals surface area contributed by atoms with E-state index in [1.54, 1.807) is 24.3 Å². The number of nitrogens with two attached hydrogens (primary N) is 1. The molecule has 23 heavy (non-hydrogen) atoms. The zero-order valence-electron chi connectivity index (χ0n) is 12.6. The predicted molar refractivity (Wildman–Crippen MR) is 89.4 cm³/mol. The van der Waals surface area contributed by atoms with Gasteiger partial charge in [0.25, 0.3) is 0 Å². The molecule has 2 rings (SSSR count). The van der Waals surface area contributed by atoms with Gasteiger partial charge < -0.3 is 15.7 Å². The van der Waals surface area contributed by atoms with Gasteiger partial charge >= 0.3 is 5.97 Å². The van der Waals surface area contributed by atoms with Crippen molar-refractivity contribution in [2.45, 2.75) is 24.8 Å². The molecular formula is C17H20NO4P. The SMILES string of the molecule is N[C@@H](Cc1ccc(CP(=O)(O)Cc2ccccc2)cc1)C(=O)O. The first-order valence-corrected chi connectivity index (χ1v) is 9.30.